The number of hydrogen-bond donors (Lipinski definition) is 1. The molecule has 0 heterocycles. The van der Waals surface area contributed by atoms with Crippen LogP contribution < -0.4 is 4.90 Å². The van der Waals surface area contributed by atoms with E-state index in [-0.39, 0.29) is 11.4 Å². The van der Waals surface area contributed by atoms with Crippen molar-refractivity contribution in [1.29, 1.82) is 0 Å². The SMILES string of the molecule is CCN(CC)c1ccc(C=Cc2ccc([N+](=O)[O-])cc2)c(O)c1. The third-order valence-electron chi connectivity index (χ3n) is 3.70. The van der Waals surface area contributed by atoms with Crippen molar-refractivity contribution in [3.63, 3.8) is 0 Å². The number of benzene rings is 2. The average Bonchev–Trinajstić information content (AvgIpc) is 2.55. The van der Waals surface area contributed by atoms with Crippen LogP contribution in [0.5, 0.6) is 5.75 Å². The van der Waals surface area contributed by atoms with Crippen LogP contribution in [0.4, 0.5) is 11.4 Å². The molecule has 0 aromatic heterocycles. The molecule has 0 radical (unpaired) electrons. The molecule has 0 atom stereocenters. The Balaban J connectivity index is 2.17. The second-order valence-electron chi connectivity index (χ2n) is 5.10. The molecule has 5 heteroatoms. The molecule has 2 aromatic carbocycles. The highest BCUT2D eigenvalue weighted by atomic mass is 16.6. The van der Waals surface area contributed by atoms with E-state index in [0.29, 0.717) is 5.56 Å². The van der Waals surface area contributed by atoms with Gasteiger partial charge in [-0.25, -0.2) is 0 Å². The lowest BCUT2D eigenvalue weighted by Crippen LogP contribution is -2.21. The van der Waals surface area contributed by atoms with Crippen molar-refractivity contribution in [3.8, 4) is 5.75 Å². The van der Waals surface area contributed by atoms with Gasteiger partial charge in [-0.3, -0.25) is 10.1 Å². The molecule has 0 saturated carbocycles. The van der Waals surface area contributed by atoms with Gasteiger partial charge in [0.05, 0.1) is 4.92 Å². The van der Waals surface area contributed by atoms with Gasteiger partial charge >= 0.3 is 0 Å². The second-order valence-corrected chi connectivity index (χ2v) is 5.10. The number of phenols is 1. The molecule has 0 aliphatic rings. The molecule has 0 unspecified atom stereocenters. The Labute approximate surface area is 135 Å². The maximum Gasteiger partial charge on any atom is 0.269 e. The van der Waals surface area contributed by atoms with Gasteiger partial charge in [0.25, 0.3) is 5.69 Å². The van der Waals surface area contributed by atoms with Crippen molar-refractivity contribution in [3.05, 3.63) is 63.7 Å². The summed E-state index contributed by atoms with van der Waals surface area (Å²) in [6.45, 7) is 5.91. The molecule has 23 heavy (non-hydrogen) atoms. The number of hydrogen-bond acceptors (Lipinski definition) is 4. The van der Waals surface area contributed by atoms with Crippen molar-refractivity contribution < 1.29 is 10.0 Å². The molecule has 0 spiro atoms. The minimum absolute atomic E-state index is 0.0635. The summed E-state index contributed by atoms with van der Waals surface area (Å²) in [6, 6.07) is 11.9. The topological polar surface area (TPSA) is 66.6 Å². The number of non-ortho nitro benzene ring substituents is 1. The minimum Gasteiger partial charge on any atom is -0.507 e. The number of nitro groups is 1. The van der Waals surface area contributed by atoms with Crippen LogP contribution in [0.3, 0.4) is 0 Å². The smallest absolute Gasteiger partial charge is 0.269 e. The Morgan fingerprint density at radius 2 is 1.74 bits per heavy atom. The van der Waals surface area contributed by atoms with Gasteiger partial charge in [-0.1, -0.05) is 12.2 Å². The predicted molar refractivity (Wildman–Crippen MR) is 93.7 cm³/mol. The number of aromatic hydroxyl groups is 1. The van der Waals surface area contributed by atoms with E-state index in [1.807, 2.05) is 18.2 Å². The Morgan fingerprint density at radius 3 is 2.26 bits per heavy atom. The fraction of sp³-hybridized carbons (Fsp3) is 0.222. The molecule has 2 aromatic rings. The van der Waals surface area contributed by atoms with Crippen LogP contribution in [-0.4, -0.2) is 23.1 Å². The van der Waals surface area contributed by atoms with E-state index in [9.17, 15) is 15.2 Å². The van der Waals surface area contributed by atoms with Crippen LogP contribution in [0.2, 0.25) is 0 Å². The first-order valence-corrected chi connectivity index (χ1v) is 7.55. The summed E-state index contributed by atoms with van der Waals surface area (Å²) < 4.78 is 0. The van der Waals surface area contributed by atoms with Crippen molar-refractivity contribution in [2.45, 2.75) is 13.8 Å². The number of anilines is 1. The highest BCUT2D eigenvalue weighted by molar-refractivity contribution is 5.74. The molecule has 0 aliphatic carbocycles. The number of nitrogens with zero attached hydrogens (tertiary/aromatic N) is 2. The fourth-order valence-corrected chi connectivity index (χ4v) is 2.35. The Hall–Kier alpha value is -2.82. The zero-order valence-corrected chi connectivity index (χ0v) is 13.3. The van der Waals surface area contributed by atoms with Gasteiger partial charge in [0.1, 0.15) is 5.75 Å². The summed E-state index contributed by atoms with van der Waals surface area (Å²) in [6.07, 6.45) is 3.61. The van der Waals surface area contributed by atoms with E-state index >= 15 is 0 Å². The first-order valence-electron chi connectivity index (χ1n) is 7.55. The highest BCUT2D eigenvalue weighted by Crippen LogP contribution is 2.26. The lowest BCUT2D eigenvalue weighted by atomic mass is 10.1. The van der Waals surface area contributed by atoms with E-state index in [4.69, 9.17) is 0 Å². The summed E-state index contributed by atoms with van der Waals surface area (Å²) in [4.78, 5) is 12.4. The van der Waals surface area contributed by atoms with E-state index in [1.54, 1.807) is 24.3 Å². The Kier molecular flexibility index (Phi) is 5.36. The van der Waals surface area contributed by atoms with Crippen LogP contribution in [0.1, 0.15) is 25.0 Å². The monoisotopic (exact) mass is 312 g/mol. The van der Waals surface area contributed by atoms with E-state index in [2.05, 4.69) is 18.7 Å². The summed E-state index contributed by atoms with van der Waals surface area (Å²) in [5, 5.41) is 20.8. The molecular formula is C18H20N2O3. The van der Waals surface area contributed by atoms with E-state index in [0.717, 1.165) is 24.3 Å². The third-order valence-corrected chi connectivity index (χ3v) is 3.70. The largest absolute Gasteiger partial charge is 0.507 e. The van der Waals surface area contributed by atoms with Crippen LogP contribution in [-0.2, 0) is 0 Å². The average molecular weight is 312 g/mol. The first-order chi connectivity index (χ1) is 11.0. The highest BCUT2D eigenvalue weighted by Gasteiger charge is 2.05. The molecular weight excluding hydrogens is 292 g/mol. The standard InChI is InChI=1S/C18H20N2O3/c1-3-19(4-2)17-12-9-15(18(21)13-17)8-5-14-6-10-16(11-7-14)20(22)23/h5-13,21H,3-4H2,1-2H3. The second kappa shape index (κ2) is 7.45. The number of nitro benzene ring substituents is 1. The van der Waals surface area contributed by atoms with E-state index < -0.39 is 4.92 Å². The van der Waals surface area contributed by atoms with Crippen LogP contribution in [0, 0.1) is 10.1 Å². The van der Waals surface area contributed by atoms with Gasteiger partial charge < -0.3 is 10.0 Å². The summed E-state index contributed by atoms with van der Waals surface area (Å²) in [5.41, 5.74) is 2.59. The maximum absolute atomic E-state index is 10.6. The quantitative estimate of drug-likeness (QED) is 0.490. The van der Waals surface area contributed by atoms with Crippen molar-refractivity contribution in [2.24, 2.45) is 0 Å². The molecule has 0 amide bonds. The van der Waals surface area contributed by atoms with Gasteiger partial charge in [0.15, 0.2) is 0 Å². The maximum atomic E-state index is 10.6. The Bertz CT molecular complexity index is 705. The molecule has 0 bridgehead atoms. The van der Waals surface area contributed by atoms with Gasteiger partial charge in [0.2, 0.25) is 0 Å². The molecule has 5 nitrogen and oxygen atoms in total. The van der Waals surface area contributed by atoms with Crippen LogP contribution in [0.15, 0.2) is 42.5 Å². The minimum atomic E-state index is -0.425. The fourth-order valence-electron chi connectivity index (χ4n) is 2.35. The lowest BCUT2D eigenvalue weighted by molar-refractivity contribution is -0.384. The van der Waals surface area contributed by atoms with Gasteiger partial charge in [-0.2, -0.15) is 0 Å². The van der Waals surface area contributed by atoms with Crippen molar-refractivity contribution >= 4 is 23.5 Å². The van der Waals surface area contributed by atoms with Gasteiger partial charge in [-0.05, 0) is 43.7 Å². The van der Waals surface area contributed by atoms with Gasteiger partial charge in [-0.15, -0.1) is 0 Å². The predicted octanol–water partition coefficient (Wildman–Crippen LogP) is 4.32. The zero-order chi connectivity index (χ0) is 16.8. The first kappa shape index (κ1) is 16.5. The molecule has 0 saturated heterocycles. The number of rotatable bonds is 6. The van der Waals surface area contributed by atoms with Crippen molar-refractivity contribution in [2.75, 3.05) is 18.0 Å². The molecule has 0 fully saturated rings. The number of phenolic OH excluding ortho intramolecular Hbond substituents is 1. The van der Waals surface area contributed by atoms with Crippen LogP contribution in [0.25, 0.3) is 12.2 Å². The molecule has 0 aliphatic heterocycles. The third kappa shape index (κ3) is 4.10. The van der Waals surface area contributed by atoms with Crippen LogP contribution >= 0.6 is 0 Å². The lowest BCUT2D eigenvalue weighted by Gasteiger charge is -2.21. The summed E-state index contributed by atoms with van der Waals surface area (Å²) in [7, 11) is 0. The van der Waals surface area contributed by atoms with Gasteiger partial charge in [0, 0.05) is 42.5 Å². The van der Waals surface area contributed by atoms with Crippen molar-refractivity contribution in [1.82, 2.24) is 0 Å². The zero-order valence-electron chi connectivity index (χ0n) is 13.3. The molecule has 120 valence electrons. The molecule has 1 N–H and O–H groups in total. The molecule has 2 rings (SSSR count). The Morgan fingerprint density at radius 1 is 1.09 bits per heavy atom. The summed E-state index contributed by atoms with van der Waals surface area (Å²) in [5.74, 6) is 0.215. The summed E-state index contributed by atoms with van der Waals surface area (Å²) >= 11 is 0. The van der Waals surface area contributed by atoms with E-state index in [1.165, 1.54) is 12.1 Å². The normalized spacial score (nSPS) is 10.9.